The molecule has 2 aromatic carbocycles. The average molecular weight is 509 g/mol. The van der Waals surface area contributed by atoms with Crippen LogP contribution in [0.2, 0.25) is 0 Å². The average Bonchev–Trinajstić information content (AvgIpc) is 2.91. The number of pyridine rings is 1. The van der Waals surface area contributed by atoms with Crippen LogP contribution < -0.4 is 0 Å². The second-order valence-electron chi connectivity index (χ2n) is 11.0. The fraction of sp³-hybridized carbons (Fsp3) is 0.290. The largest absolute Gasteiger partial charge is 0.511 e. The first-order valence-corrected chi connectivity index (χ1v) is 12.7. The fourth-order valence-electron chi connectivity index (χ4n) is 6.76. The molecule has 2 atom stereocenters. The van der Waals surface area contributed by atoms with Gasteiger partial charge >= 0.3 is 0 Å². The summed E-state index contributed by atoms with van der Waals surface area (Å²) in [4.78, 5) is 14.2. The Hall–Kier alpha value is -4.18. The highest BCUT2D eigenvalue weighted by molar-refractivity contribution is 5.93. The van der Waals surface area contributed by atoms with Gasteiger partial charge in [0.05, 0.1) is 23.0 Å². The summed E-state index contributed by atoms with van der Waals surface area (Å²) < 4.78 is 29.8. The summed E-state index contributed by atoms with van der Waals surface area (Å²) >= 11 is 0. The number of halogens is 2. The van der Waals surface area contributed by atoms with Gasteiger partial charge in [-0.1, -0.05) is 45.0 Å². The predicted molar refractivity (Wildman–Crippen MR) is 141 cm³/mol. The van der Waals surface area contributed by atoms with Crippen molar-refractivity contribution >= 4 is 10.9 Å². The molecule has 2 aliphatic carbocycles. The molecule has 38 heavy (non-hydrogen) atoms. The summed E-state index contributed by atoms with van der Waals surface area (Å²) in [7, 11) is 0. The zero-order chi connectivity index (χ0) is 26.8. The highest BCUT2D eigenvalue weighted by Gasteiger charge is 2.55. The number of aliphatic hydroxyl groups excluding tert-OH is 1. The van der Waals surface area contributed by atoms with E-state index in [1.165, 1.54) is 18.3 Å². The normalized spacial score (nSPS) is 22.1. The van der Waals surface area contributed by atoms with Crippen LogP contribution in [0.15, 0.2) is 66.1 Å². The molecule has 1 N–H and O–H groups in total. The minimum absolute atomic E-state index is 0.0116. The van der Waals surface area contributed by atoms with Gasteiger partial charge in [0.25, 0.3) is 0 Å². The highest BCUT2D eigenvalue weighted by Crippen LogP contribution is 2.58. The lowest BCUT2D eigenvalue weighted by Crippen LogP contribution is -2.49. The van der Waals surface area contributed by atoms with Crippen LogP contribution in [0.3, 0.4) is 0 Å². The number of aliphatic hydroxyl groups is 1. The molecule has 5 nitrogen and oxygen atoms in total. The fourth-order valence-corrected chi connectivity index (χ4v) is 6.76. The predicted octanol–water partition coefficient (Wildman–Crippen LogP) is 7.22. The molecule has 0 amide bonds. The number of benzene rings is 2. The number of hydrogen-bond donors (Lipinski definition) is 1. The Balaban J connectivity index is 1.69. The lowest BCUT2D eigenvalue weighted by Gasteiger charge is -2.52. The first-order valence-electron chi connectivity index (χ1n) is 12.7. The number of nitrogens with zero attached hydrogens (tertiary/aromatic N) is 4. The summed E-state index contributed by atoms with van der Waals surface area (Å²) in [5.41, 5.74) is 2.34. The Bertz CT molecular complexity index is 1700. The number of aromatic nitrogens is 3. The van der Waals surface area contributed by atoms with Crippen LogP contribution in [0.4, 0.5) is 8.78 Å². The van der Waals surface area contributed by atoms with Crippen LogP contribution in [0.1, 0.15) is 44.9 Å². The number of fused-ring (bicyclic) bond motifs is 4. The van der Waals surface area contributed by atoms with Gasteiger partial charge in [-0.25, -0.2) is 18.7 Å². The van der Waals surface area contributed by atoms with E-state index >= 15 is 4.39 Å². The quantitative estimate of drug-likeness (QED) is 0.309. The zero-order valence-electron chi connectivity index (χ0n) is 21.4. The summed E-state index contributed by atoms with van der Waals surface area (Å²) in [6.07, 6.45) is 3.17. The third-order valence-corrected chi connectivity index (χ3v) is 8.54. The monoisotopic (exact) mass is 508 g/mol. The van der Waals surface area contributed by atoms with E-state index in [4.69, 9.17) is 9.97 Å². The molecule has 7 heteroatoms. The van der Waals surface area contributed by atoms with Gasteiger partial charge in [0.2, 0.25) is 0 Å². The summed E-state index contributed by atoms with van der Waals surface area (Å²) in [5.74, 6) is -0.377. The van der Waals surface area contributed by atoms with Crippen molar-refractivity contribution in [2.45, 2.75) is 45.4 Å². The zero-order valence-corrected chi connectivity index (χ0v) is 21.4. The van der Waals surface area contributed by atoms with Crippen molar-refractivity contribution in [2.24, 2.45) is 11.3 Å². The number of nitriles is 1. The SMILES string of the molecule is CC1(C)C(O)=C(C#N)C[C@@]2(C)c3nc(-c4ccnc5c(F)cccc45)nc(-c4ccccc4F)c3CC[C@H]12. The molecule has 0 radical (unpaired) electrons. The van der Waals surface area contributed by atoms with Crippen molar-refractivity contribution in [3.05, 3.63) is 89.0 Å². The third kappa shape index (κ3) is 3.36. The summed E-state index contributed by atoms with van der Waals surface area (Å²) in [6, 6.07) is 15.2. The molecular weight excluding hydrogens is 482 g/mol. The second kappa shape index (κ2) is 8.42. The van der Waals surface area contributed by atoms with E-state index in [-0.39, 0.29) is 17.2 Å². The minimum Gasteiger partial charge on any atom is -0.511 e. The Labute approximate surface area is 219 Å². The van der Waals surface area contributed by atoms with E-state index < -0.39 is 22.5 Å². The molecule has 2 heterocycles. The lowest BCUT2D eigenvalue weighted by atomic mass is 9.51. The maximum Gasteiger partial charge on any atom is 0.160 e. The van der Waals surface area contributed by atoms with Crippen molar-refractivity contribution in [3.63, 3.8) is 0 Å². The third-order valence-electron chi connectivity index (χ3n) is 8.54. The van der Waals surface area contributed by atoms with Crippen LogP contribution in [-0.4, -0.2) is 20.1 Å². The minimum atomic E-state index is -0.647. The molecular formula is C31H26F2N4O. The van der Waals surface area contributed by atoms with E-state index in [1.807, 2.05) is 13.8 Å². The molecule has 0 saturated carbocycles. The number of allylic oxidation sites excluding steroid dienone is 2. The molecule has 190 valence electrons. The molecule has 4 aromatic rings. The molecule has 0 aliphatic heterocycles. The molecule has 2 aromatic heterocycles. The van der Waals surface area contributed by atoms with Crippen molar-refractivity contribution in [1.29, 1.82) is 5.26 Å². The van der Waals surface area contributed by atoms with Crippen molar-refractivity contribution in [1.82, 2.24) is 15.0 Å². The molecule has 0 saturated heterocycles. The van der Waals surface area contributed by atoms with Gasteiger partial charge in [0.1, 0.15) is 22.9 Å². The number of rotatable bonds is 2. The number of hydrogen-bond acceptors (Lipinski definition) is 5. The van der Waals surface area contributed by atoms with Crippen LogP contribution in [0.5, 0.6) is 0 Å². The second-order valence-corrected chi connectivity index (χ2v) is 11.0. The standard InChI is InChI=1S/C31H26F2N4O/c1-30(2)24-12-11-21-25(20-7-4-5-9-22(20)32)36-29(19-13-14-35-26-18(19)8-6-10-23(26)33)37-27(21)31(24,3)15-17(16-34)28(30)38/h4-10,13-14,24,38H,11-12,15H2,1-3H3/t24-,31-/m1/s1. The van der Waals surface area contributed by atoms with Crippen LogP contribution in [0, 0.1) is 34.3 Å². The van der Waals surface area contributed by atoms with Crippen molar-refractivity contribution in [2.75, 3.05) is 0 Å². The van der Waals surface area contributed by atoms with E-state index in [2.05, 4.69) is 18.0 Å². The van der Waals surface area contributed by atoms with Crippen LogP contribution in [-0.2, 0) is 11.8 Å². The Morgan fingerprint density at radius 2 is 1.74 bits per heavy atom. The van der Waals surface area contributed by atoms with Crippen molar-refractivity contribution in [3.8, 4) is 28.7 Å². The smallest absolute Gasteiger partial charge is 0.160 e. The van der Waals surface area contributed by atoms with Crippen LogP contribution in [0.25, 0.3) is 33.5 Å². The Morgan fingerprint density at radius 1 is 0.974 bits per heavy atom. The molecule has 0 bridgehead atoms. The van der Waals surface area contributed by atoms with E-state index in [0.29, 0.717) is 46.4 Å². The van der Waals surface area contributed by atoms with Gasteiger partial charge in [-0.2, -0.15) is 5.26 Å². The van der Waals surface area contributed by atoms with E-state index in [0.717, 1.165) is 17.7 Å². The molecule has 0 spiro atoms. The topological polar surface area (TPSA) is 82.7 Å². The van der Waals surface area contributed by atoms with Gasteiger partial charge in [-0.3, -0.25) is 4.98 Å². The summed E-state index contributed by atoms with van der Waals surface area (Å²) in [6.45, 7) is 6.00. The van der Waals surface area contributed by atoms with Gasteiger partial charge in [0.15, 0.2) is 5.82 Å². The maximum absolute atomic E-state index is 15.2. The lowest BCUT2D eigenvalue weighted by molar-refractivity contribution is 0.0630. The van der Waals surface area contributed by atoms with Gasteiger partial charge in [-0.05, 0) is 49.4 Å². The van der Waals surface area contributed by atoms with E-state index in [9.17, 15) is 14.8 Å². The van der Waals surface area contributed by atoms with Crippen molar-refractivity contribution < 1.29 is 13.9 Å². The molecule has 0 fully saturated rings. The van der Waals surface area contributed by atoms with Gasteiger partial charge < -0.3 is 5.11 Å². The highest BCUT2D eigenvalue weighted by atomic mass is 19.1. The molecule has 2 aliphatic rings. The van der Waals surface area contributed by atoms with E-state index in [1.54, 1.807) is 36.4 Å². The van der Waals surface area contributed by atoms with Gasteiger partial charge in [-0.15, -0.1) is 0 Å². The first kappa shape index (κ1) is 24.2. The Morgan fingerprint density at radius 3 is 2.50 bits per heavy atom. The number of para-hydroxylation sites is 1. The Kier molecular flexibility index (Phi) is 5.36. The first-order chi connectivity index (χ1) is 18.2. The van der Waals surface area contributed by atoms with Crippen LogP contribution >= 0.6 is 0 Å². The van der Waals surface area contributed by atoms with Gasteiger partial charge in [0, 0.05) is 39.1 Å². The maximum atomic E-state index is 15.2. The molecule has 6 rings (SSSR count). The summed E-state index contributed by atoms with van der Waals surface area (Å²) in [5, 5.41) is 21.4. The molecule has 0 unspecified atom stereocenters.